The van der Waals surface area contributed by atoms with Crippen LogP contribution in [-0.4, -0.2) is 60.7 Å². The van der Waals surface area contributed by atoms with Gasteiger partial charge in [-0.25, -0.2) is 4.79 Å². The molecule has 0 saturated heterocycles. The molecule has 3 amide bonds. The third-order valence-electron chi connectivity index (χ3n) is 6.32. The van der Waals surface area contributed by atoms with Crippen LogP contribution >= 0.6 is 0 Å². The van der Waals surface area contributed by atoms with Gasteiger partial charge in [0.15, 0.2) is 0 Å². The summed E-state index contributed by atoms with van der Waals surface area (Å²) >= 11 is 0. The molecule has 0 heterocycles. The molecule has 11 nitrogen and oxygen atoms in total. The number of benzene rings is 3. The summed E-state index contributed by atoms with van der Waals surface area (Å²) in [4.78, 5) is 64.5. The monoisotopic (exact) mass is 617 g/mol. The quantitative estimate of drug-likeness (QED) is 0.141. The predicted octanol–water partition coefficient (Wildman–Crippen LogP) is 3.74. The first-order valence-electron chi connectivity index (χ1n) is 14.5. The van der Waals surface area contributed by atoms with Gasteiger partial charge in [0.1, 0.15) is 37.4 Å². The lowest BCUT2D eigenvalue weighted by molar-refractivity contribution is -0.156. The second kappa shape index (κ2) is 16.6. The van der Waals surface area contributed by atoms with Crippen LogP contribution in [0.3, 0.4) is 0 Å². The van der Waals surface area contributed by atoms with Crippen molar-refractivity contribution in [2.24, 2.45) is 0 Å². The molecule has 3 rings (SSSR count). The van der Waals surface area contributed by atoms with Gasteiger partial charge in [-0.05, 0) is 42.7 Å². The molecule has 0 spiro atoms. The molecule has 0 saturated carbocycles. The Balaban J connectivity index is 1.82. The second-order valence-corrected chi connectivity index (χ2v) is 11.1. The Bertz CT molecular complexity index is 1490. The van der Waals surface area contributed by atoms with E-state index in [0.29, 0.717) is 0 Å². The molecule has 0 aliphatic heterocycles. The lowest BCUT2D eigenvalue weighted by Crippen LogP contribution is -2.55. The maximum absolute atomic E-state index is 13.6. The summed E-state index contributed by atoms with van der Waals surface area (Å²) in [5, 5.41) is 9.36. The van der Waals surface area contributed by atoms with E-state index in [9.17, 15) is 24.0 Å². The zero-order valence-electron chi connectivity index (χ0n) is 25.7. The van der Waals surface area contributed by atoms with Crippen LogP contribution < -0.4 is 16.0 Å². The number of hydrogen-bond acceptors (Lipinski definition) is 8. The van der Waals surface area contributed by atoms with Gasteiger partial charge in [0, 0.05) is 6.42 Å². The minimum Gasteiger partial charge on any atom is -0.460 e. The van der Waals surface area contributed by atoms with E-state index in [1.54, 1.807) is 45.0 Å². The smallest absolute Gasteiger partial charge is 0.408 e. The molecule has 0 bridgehead atoms. The Kier molecular flexibility index (Phi) is 12.7. The van der Waals surface area contributed by atoms with Crippen molar-refractivity contribution in [1.29, 1.82) is 0 Å². The van der Waals surface area contributed by atoms with Gasteiger partial charge in [0.25, 0.3) is 0 Å². The van der Waals surface area contributed by atoms with Gasteiger partial charge in [-0.2, -0.15) is 0 Å². The van der Waals surface area contributed by atoms with Crippen molar-refractivity contribution < 1.29 is 38.2 Å². The number of esters is 2. The van der Waals surface area contributed by atoms with Crippen molar-refractivity contribution >= 4 is 40.6 Å². The van der Waals surface area contributed by atoms with E-state index in [1.807, 2.05) is 48.5 Å². The molecule has 3 N–H and O–H groups in total. The molecular formula is C34H39N3O8. The van der Waals surface area contributed by atoms with Crippen LogP contribution in [0.15, 0.2) is 85.5 Å². The molecule has 0 radical (unpaired) electrons. The van der Waals surface area contributed by atoms with Crippen LogP contribution in [0, 0.1) is 0 Å². The van der Waals surface area contributed by atoms with Crippen LogP contribution in [0.5, 0.6) is 0 Å². The Morgan fingerprint density at radius 2 is 1.49 bits per heavy atom. The van der Waals surface area contributed by atoms with Crippen LogP contribution in [-0.2, 0) is 46.4 Å². The van der Waals surface area contributed by atoms with E-state index in [0.717, 1.165) is 21.9 Å². The lowest BCUT2D eigenvalue weighted by atomic mass is 9.98. The molecule has 45 heavy (non-hydrogen) atoms. The highest BCUT2D eigenvalue weighted by Crippen LogP contribution is 2.20. The summed E-state index contributed by atoms with van der Waals surface area (Å²) in [6.45, 7) is 7.96. The predicted molar refractivity (Wildman–Crippen MR) is 168 cm³/mol. The van der Waals surface area contributed by atoms with Gasteiger partial charge in [-0.1, -0.05) is 85.5 Å². The van der Waals surface area contributed by atoms with Gasteiger partial charge < -0.3 is 30.2 Å². The molecule has 0 fully saturated rings. The van der Waals surface area contributed by atoms with E-state index in [2.05, 4.69) is 22.5 Å². The molecule has 238 valence electrons. The maximum atomic E-state index is 13.6. The minimum absolute atomic E-state index is 0.0245. The number of fused-ring (bicyclic) bond motifs is 1. The number of carbonyl (C=O) groups excluding carboxylic acids is 5. The number of rotatable bonds is 14. The molecule has 0 aliphatic carbocycles. The summed E-state index contributed by atoms with van der Waals surface area (Å²) < 4.78 is 15.6. The topological polar surface area (TPSA) is 149 Å². The fraction of sp³-hybridized carbons (Fsp3) is 0.324. The summed E-state index contributed by atoms with van der Waals surface area (Å²) in [5.74, 6) is -2.93. The molecule has 2 atom stereocenters. The number of hydrogen-bond donors (Lipinski definition) is 3. The van der Waals surface area contributed by atoms with Crippen molar-refractivity contribution in [1.82, 2.24) is 16.0 Å². The highest BCUT2D eigenvalue weighted by Gasteiger charge is 2.31. The molecule has 0 aliphatic rings. The van der Waals surface area contributed by atoms with Gasteiger partial charge in [0.05, 0.1) is 6.42 Å². The first-order chi connectivity index (χ1) is 21.4. The number of carbonyl (C=O) groups is 5. The molecule has 11 heteroatoms. The van der Waals surface area contributed by atoms with Crippen LogP contribution in [0.1, 0.15) is 38.3 Å². The molecule has 3 aromatic rings. The normalized spacial score (nSPS) is 12.2. The summed E-state index contributed by atoms with van der Waals surface area (Å²) in [5.41, 5.74) is 0.629. The Labute approximate surface area is 262 Å². The Hall–Kier alpha value is -5.19. The SMILES string of the molecule is C=CCOC(=O)CNC(=O)C(Cc1cccc2ccccc12)NC(=O)[C@H](CC(=O)OC(C)(C)C)NC(=O)OCc1ccccc1. The maximum Gasteiger partial charge on any atom is 0.408 e. The van der Waals surface area contributed by atoms with Crippen molar-refractivity contribution in [3.63, 3.8) is 0 Å². The number of nitrogens with one attached hydrogen (secondary N) is 3. The molecular weight excluding hydrogens is 578 g/mol. The van der Waals surface area contributed by atoms with Crippen molar-refractivity contribution in [2.75, 3.05) is 13.2 Å². The average Bonchev–Trinajstić information content (AvgIpc) is 3.00. The third-order valence-corrected chi connectivity index (χ3v) is 6.32. The zero-order chi connectivity index (χ0) is 32.8. The summed E-state index contributed by atoms with van der Waals surface area (Å²) in [6, 6.07) is 19.4. The highest BCUT2D eigenvalue weighted by atomic mass is 16.6. The van der Waals surface area contributed by atoms with Gasteiger partial charge in [-0.15, -0.1) is 0 Å². The first-order valence-corrected chi connectivity index (χ1v) is 14.5. The lowest BCUT2D eigenvalue weighted by Gasteiger charge is -2.25. The van der Waals surface area contributed by atoms with Crippen LogP contribution in [0.2, 0.25) is 0 Å². The van der Waals surface area contributed by atoms with E-state index in [1.165, 1.54) is 6.08 Å². The number of amides is 3. The van der Waals surface area contributed by atoms with E-state index >= 15 is 0 Å². The third kappa shape index (κ3) is 11.8. The van der Waals surface area contributed by atoms with Gasteiger partial charge >= 0.3 is 18.0 Å². The highest BCUT2D eigenvalue weighted by molar-refractivity contribution is 5.95. The fourth-order valence-corrected chi connectivity index (χ4v) is 4.32. The van der Waals surface area contributed by atoms with E-state index < -0.39 is 60.5 Å². The van der Waals surface area contributed by atoms with Crippen molar-refractivity contribution in [2.45, 2.75) is 57.9 Å². The Morgan fingerprint density at radius 1 is 0.800 bits per heavy atom. The van der Waals surface area contributed by atoms with Gasteiger partial charge in [-0.3, -0.25) is 19.2 Å². The number of alkyl carbamates (subject to hydrolysis) is 1. The summed E-state index contributed by atoms with van der Waals surface area (Å²) in [7, 11) is 0. The largest absolute Gasteiger partial charge is 0.460 e. The molecule has 0 aromatic heterocycles. The average molecular weight is 618 g/mol. The van der Waals surface area contributed by atoms with Crippen molar-refractivity contribution in [3.8, 4) is 0 Å². The zero-order valence-corrected chi connectivity index (χ0v) is 25.7. The second-order valence-electron chi connectivity index (χ2n) is 11.1. The minimum atomic E-state index is -1.44. The molecule has 1 unspecified atom stereocenters. The first kappa shape index (κ1) is 34.3. The van der Waals surface area contributed by atoms with Gasteiger partial charge in [0.2, 0.25) is 11.8 Å². The van der Waals surface area contributed by atoms with E-state index in [4.69, 9.17) is 14.2 Å². The van der Waals surface area contributed by atoms with E-state index in [-0.39, 0.29) is 19.6 Å². The van der Waals surface area contributed by atoms with Crippen LogP contribution in [0.4, 0.5) is 4.79 Å². The fourth-order valence-electron chi connectivity index (χ4n) is 4.32. The van der Waals surface area contributed by atoms with Crippen LogP contribution in [0.25, 0.3) is 10.8 Å². The summed E-state index contributed by atoms with van der Waals surface area (Å²) in [6.07, 6.45) is -0.0351. The van der Waals surface area contributed by atoms with Crippen molar-refractivity contribution in [3.05, 3.63) is 96.6 Å². The molecule has 3 aromatic carbocycles. The Morgan fingerprint density at radius 3 is 2.20 bits per heavy atom. The number of ether oxygens (including phenoxy) is 3. The standard InChI is InChI=1S/C34H39N3O8/c1-5-18-43-30(39)21-35-31(40)27(19-25-16-11-15-24-14-9-10-17-26(24)25)36-32(41)28(20-29(38)45-34(2,3)4)37-33(42)44-22-23-12-7-6-8-13-23/h5-17,27-28H,1,18-22H2,2-4H3,(H,35,40)(H,36,41)(H,37,42)/t27?,28-/m0/s1.